The smallest absolute Gasteiger partial charge is 0.256 e. The van der Waals surface area contributed by atoms with E-state index >= 15 is 0 Å². The number of aromatic amines is 1. The van der Waals surface area contributed by atoms with Gasteiger partial charge in [0, 0.05) is 56.4 Å². The van der Waals surface area contributed by atoms with Crippen molar-refractivity contribution in [3.8, 4) is 0 Å². The number of hydrazone groups is 1. The molecule has 0 bridgehead atoms. The van der Waals surface area contributed by atoms with Crippen LogP contribution in [-0.2, 0) is 27.7 Å². The van der Waals surface area contributed by atoms with E-state index in [1.807, 2.05) is 42.3 Å². The molecule has 0 aromatic carbocycles. The van der Waals surface area contributed by atoms with Crippen LogP contribution in [0.4, 0.5) is 11.6 Å². The molecule has 12 nitrogen and oxygen atoms in total. The fourth-order valence-corrected chi connectivity index (χ4v) is 5.02. The number of nitrogens with two attached hydrogens (primary N) is 1. The van der Waals surface area contributed by atoms with Crippen molar-refractivity contribution in [1.29, 1.82) is 0 Å². The van der Waals surface area contributed by atoms with Crippen LogP contribution in [0.5, 0.6) is 0 Å². The second kappa shape index (κ2) is 12.8. The lowest BCUT2D eigenvalue weighted by molar-refractivity contribution is -0.378. The van der Waals surface area contributed by atoms with E-state index in [-0.39, 0.29) is 5.25 Å². The Bertz CT molecular complexity index is 1370. The first kappa shape index (κ1) is 27.5. The summed E-state index contributed by atoms with van der Waals surface area (Å²) < 4.78 is 35.0. The Balaban J connectivity index is 1.28. The molecule has 3 heterocycles. The molecule has 1 aliphatic rings. The molecular formula is C25H36N9O3S+. The van der Waals surface area contributed by atoms with Gasteiger partial charge in [0.05, 0.1) is 30.0 Å². The maximum Gasteiger partial charge on any atom is 0.256 e. The zero-order valence-electron chi connectivity index (χ0n) is 21.9. The summed E-state index contributed by atoms with van der Waals surface area (Å²) in [5, 5.41) is 11.3. The van der Waals surface area contributed by atoms with E-state index in [9.17, 15) is 8.42 Å². The molecule has 0 saturated heterocycles. The number of nitrogens with zero attached hydrogens (tertiary/aromatic N) is 6. The van der Waals surface area contributed by atoms with Gasteiger partial charge in [-0.3, -0.25) is 0 Å². The lowest BCUT2D eigenvalue weighted by Crippen LogP contribution is -2.22. The summed E-state index contributed by atoms with van der Waals surface area (Å²) in [5.41, 5.74) is 3.45. The number of aryl methyl sites for hydroxylation is 1. The molecule has 4 N–H and O–H groups in total. The molecule has 4 rings (SSSR count). The normalized spacial score (nSPS) is 14.4. The number of sulfonamides is 1. The van der Waals surface area contributed by atoms with Gasteiger partial charge < -0.3 is 20.8 Å². The van der Waals surface area contributed by atoms with Gasteiger partial charge in [-0.1, -0.05) is 6.92 Å². The Morgan fingerprint density at radius 2 is 2.24 bits per heavy atom. The summed E-state index contributed by atoms with van der Waals surface area (Å²) in [6.45, 7) is 4.40. The van der Waals surface area contributed by atoms with Crippen molar-refractivity contribution < 1.29 is 18.1 Å². The zero-order valence-corrected chi connectivity index (χ0v) is 22.7. The van der Waals surface area contributed by atoms with Gasteiger partial charge in [-0.2, -0.15) is 19.1 Å². The van der Waals surface area contributed by atoms with E-state index in [2.05, 4.69) is 42.8 Å². The fourth-order valence-electron chi connectivity index (χ4n) is 3.85. The first-order valence-electron chi connectivity index (χ1n) is 12.8. The topological polar surface area (TPSA) is 154 Å². The number of pyridine rings is 1. The Hall–Kier alpha value is -3.58. The number of hydrogen-bond acceptors (Lipinski definition) is 9. The van der Waals surface area contributed by atoms with Crippen molar-refractivity contribution in [3.63, 3.8) is 0 Å². The quantitative estimate of drug-likeness (QED) is 0.128. The van der Waals surface area contributed by atoms with Gasteiger partial charge >= 0.3 is 0 Å². The molecule has 1 fully saturated rings. The van der Waals surface area contributed by atoms with Crippen LogP contribution in [0.3, 0.4) is 0 Å². The van der Waals surface area contributed by atoms with Gasteiger partial charge in [0.1, 0.15) is 11.6 Å². The Morgan fingerprint density at radius 1 is 1.39 bits per heavy atom. The number of rotatable bonds is 15. The predicted octanol–water partition coefficient (Wildman–Crippen LogP) is 1.83. The van der Waals surface area contributed by atoms with Gasteiger partial charge in [-0.15, -0.1) is 0 Å². The number of hydrogen-bond donors (Lipinski definition) is 2. The van der Waals surface area contributed by atoms with Crippen LogP contribution in [0.2, 0.25) is 0 Å². The third-order valence-electron chi connectivity index (χ3n) is 6.29. The van der Waals surface area contributed by atoms with Gasteiger partial charge in [0.15, 0.2) is 18.0 Å². The van der Waals surface area contributed by atoms with E-state index in [1.54, 1.807) is 0 Å². The summed E-state index contributed by atoms with van der Waals surface area (Å²) in [6, 6.07) is 6.03. The van der Waals surface area contributed by atoms with E-state index in [0.717, 1.165) is 47.8 Å². The molecule has 204 valence electrons. The first-order chi connectivity index (χ1) is 18.4. The SMILES string of the molecule is CCc1cnn2c(NCc3ccc[nH+]c3)cc(N(C)CCCOCCC(/C=N/S(=O)(=O)C3CC3)=N/N)nc12. The average Bonchev–Trinajstić information content (AvgIpc) is 3.72. The van der Waals surface area contributed by atoms with E-state index < -0.39 is 10.0 Å². The predicted molar refractivity (Wildman–Crippen MR) is 148 cm³/mol. The van der Waals surface area contributed by atoms with Gasteiger partial charge in [-0.05, 0) is 31.7 Å². The standard InChI is InChI=1S/C25H35N9O3S/c1-3-20-17-29-34-23(28-16-19-6-4-10-27-15-19)14-24(31-25(20)34)33(2)11-5-12-37-13-9-21(32-26)18-30-38(35,36)22-7-8-22/h4,6,10,14-15,17-18,22,28H,3,5,7-9,11-13,16,26H2,1-2H3/p+1/b30-18+,32-21-. The molecule has 0 aliphatic heterocycles. The van der Waals surface area contributed by atoms with Crippen molar-refractivity contribution in [1.82, 2.24) is 14.6 Å². The van der Waals surface area contributed by atoms with Crippen molar-refractivity contribution in [3.05, 3.63) is 47.9 Å². The van der Waals surface area contributed by atoms with Crippen LogP contribution in [0, 0.1) is 0 Å². The van der Waals surface area contributed by atoms with E-state index in [1.165, 1.54) is 6.21 Å². The number of H-pyrrole nitrogens is 1. The number of nitrogens with one attached hydrogen (secondary N) is 2. The third-order valence-corrected chi connectivity index (χ3v) is 8.01. The molecule has 13 heteroatoms. The molecule has 0 atom stereocenters. The highest BCUT2D eigenvalue weighted by Crippen LogP contribution is 2.29. The molecule has 0 amide bonds. The summed E-state index contributed by atoms with van der Waals surface area (Å²) in [6.07, 6.45) is 10.3. The van der Waals surface area contributed by atoms with Crippen LogP contribution in [-0.4, -0.2) is 67.0 Å². The molecular weight excluding hydrogens is 506 g/mol. The molecule has 3 aromatic heterocycles. The van der Waals surface area contributed by atoms with Crippen molar-refractivity contribution in [2.45, 2.75) is 50.8 Å². The monoisotopic (exact) mass is 542 g/mol. The van der Waals surface area contributed by atoms with Crippen LogP contribution >= 0.6 is 0 Å². The highest BCUT2D eigenvalue weighted by atomic mass is 32.2. The second-order valence-corrected chi connectivity index (χ2v) is 11.1. The third kappa shape index (κ3) is 7.25. The van der Waals surface area contributed by atoms with Crippen LogP contribution in [0.25, 0.3) is 5.65 Å². The molecule has 3 aromatic rings. The van der Waals surface area contributed by atoms with Gasteiger partial charge in [0.2, 0.25) is 0 Å². The van der Waals surface area contributed by atoms with E-state index in [0.29, 0.717) is 44.7 Å². The highest BCUT2D eigenvalue weighted by Gasteiger charge is 2.35. The number of ether oxygens (including phenoxy) is 1. The fraction of sp³-hybridized carbons (Fsp3) is 0.480. The first-order valence-corrected chi connectivity index (χ1v) is 14.3. The molecule has 0 radical (unpaired) electrons. The molecule has 0 spiro atoms. The van der Waals surface area contributed by atoms with Crippen molar-refractivity contribution in [2.24, 2.45) is 15.3 Å². The molecule has 38 heavy (non-hydrogen) atoms. The van der Waals surface area contributed by atoms with Crippen molar-refractivity contribution >= 4 is 39.2 Å². The minimum absolute atomic E-state index is 0.349. The summed E-state index contributed by atoms with van der Waals surface area (Å²) in [4.78, 5) is 10.1. The largest absolute Gasteiger partial charge is 0.381 e. The van der Waals surface area contributed by atoms with Crippen LogP contribution in [0.1, 0.15) is 43.7 Å². The Labute approximate surface area is 223 Å². The van der Waals surface area contributed by atoms with Gasteiger partial charge in [0.25, 0.3) is 10.0 Å². The minimum Gasteiger partial charge on any atom is -0.381 e. The lowest BCUT2D eigenvalue weighted by atomic mass is 10.2. The van der Waals surface area contributed by atoms with Gasteiger partial charge in [-0.25, -0.2) is 18.4 Å². The van der Waals surface area contributed by atoms with Crippen LogP contribution in [0.15, 0.2) is 46.3 Å². The minimum atomic E-state index is -3.43. The maximum atomic E-state index is 11.9. The average molecular weight is 543 g/mol. The van der Waals surface area contributed by atoms with Crippen molar-refractivity contribution in [2.75, 3.05) is 37.0 Å². The number of fused-ring (bicyclic) bond motifs is 1. The Kier molecular flexibility index (Phi) is 9.24. The Morgan fingerprint density at radius 3 is 2.95 bits per heavy atom. The lowest BCUT2D eigenvalue weighted by Gasteiger charge is -2.20. The summed E-state index contributed by atoms with van der Waals surface area (Å²) in [5.74, 6) is 7.10. The second-order valence-electron chi connectivity index (χ2n) is 9.23. The van der Waals surface area contributed by atoms with E-state index in [4.69, 9.17) is 15.6 Å². The van der Waals surface area contributed by atoms with Crippen LogP contribution < -0.4 is 21.0 Å². The molecule has 1 aliphatic carbocycles. The zero-order chi connectivity index (χ0) is 27.0. The molecule has 0 unspecified atom stereocenters. The number of anilines is 2. The summed E-state index contributed by atoms with van der Waals surface area (Å²) in [7, 11) is -1.43. The highest BCUT2D eigenvalue weighted by molar-refractivity contribution is 7.91. The number of aromatic nitrogens is 4. The summed E-state index contributed by atoms with van der Waals surface area (Å²) >= 11 is 0. The maximum absolute atomic E-state index is 11.9. The molecule has 1 saturated carbocycles.